The lowest BCUT2D eigenvalue weighted by Gasteiger charge is -2.21. The topological polar surface area (TPSA) is 237 Å². The second kappa shape index (κ2) is 60.7. The molecule has 0 fully saturated rings. The smallest absolute Gasteiger partial charge is 0.462 e. The lowest BCUT2D eigenvalue weighted by molar-refractivity contribution is -0.161. The van der Waals surface area contributed by atoms with Crippen LogP contribution in [0.4, 0.5) is 0 Å². The number of aliphatic hydroxyl groups excluding tert-OH is 1. The van der Waals surface area contributed by atoms with Crippen molar-refractivity contribution >= 4 is 39.5 Å². The molecule has 534 valence electrons. The Labute approximate surface area is 549 Å². The van der Waals surface area contributed by atoms with Crippen LogP contribution in [0, 0.1) is 23.7 Å². The number of rotatable bonds is 68. The Balaban J connectivity index is 5.22. The zero-order valence-electron chi connectivity index (χ0n) is 58.8. The van der Waals surface area contributed by atoms with E-state index >= 15 is 0 Å². The van der Waals surface area contributed by atoms with Gasteiger partial charge in [-0.3, -0.25) is 37.3 Å². The minimum Gasteiger partial charge on any atom is -0.462 e. The highest BCUT2D eigenvalue weighted by Crippen LogP contribution is 2.45. The van der Waals surface area contributed by atoms with Gasteiger partial charge in [0.05, 0.1) is 26.4 Å². The number of esters is 4. The SMILES string of the molecule is CCC(C)CCCCCCCCCCCCCCCCC(=O)O[C@H](COC(=O)CCCCCCCCC(C)CC)COP(=O)(O)OC[C@H](O)COP(=O)(O)OC[C@@H](COC(=O)CCCCCCCCCCC(C)CC)OC(=O)CCCCCCCCCC(C)C. The van der Waals surface area contributed by atoms with Crippen LogP contribution in [0.2, 0.25) is 0 Å². The number of carbonyl (C=O) groups excluding carboxylic acids is 4. The first-order valence-electron chi connectivity index (χ1n) is 36.8. The van der Waals surface area contributed by atoms with Crippen LogP contribution in [0.5, 0.6) is 0 Å². The Kier molecular flexibility index (Phi) is 59.4. The van der Waals surface area contributed by atoms with Crippen LogP contribution >= 0.6 is 15.6 Å². The molecule has 8 atom stereocenters. The number of phosphoric acid groups is 2. The summed E-state index contributed by atoms with van der Waals surface area (Å²) in [7, 11) is -9.90. The van der Waals surface area contributed by atoms with Gasteiger partial charge in [-0.25, -0.2) is 9.13 Å². The van der Waals surface area contributed by atoms with Crippen molar-refractivity contribution in [3.05, 3.63) is 0 Å². The number of aliphatic hydroxyl groups is 1. The normalized spacial score (nSPS) is 15.2. The van der Waals surface area contributed by atoms with Gasteiger partial charge in [0.1, 0.15) is 19.3 Å². The maximum Gasteiger partial charge on any atom is 0.472 e. The minimum atomic E-state index is -4.95. The number of carbonyl (C=O) groups is 4. The average molecular weight is 1330 g/mol. The fourth-order valence-corrected chi connectivity index (χ4v) is 12.1. The van der Waals surface area contributed by atoms with E-state index in [1.807, 2.05) is 0 Å². The zero-order valence-corrected chi connectivity index (χ0v) is 60.6. The molecule has 0 radical (unpaired) electrons. The maximum absolute atomic E-state index is 13.0. The largest absolute Gasteiger partial charge is 0.472 e. The summed E-state index contributed by atoms with van der Waals surface area (Å²) in [5.41, 5.74) is 0. The molecule has 19 heteroatoms. The van der Waals surface area contributed by atoms with E-state index in [9.17, 15) is 43.2 Å². The first-order valence-corrected chi connectivity index (χ1v) is 39.8. The number of unbranched alkanes of at least 4 members (excludes halogenated alkanes) is 31. The zero-order chi connectivity index (χ0) is 66.8. The van der Waals surface area contributed by atoms with E-state index in [0.717, 1.165) is 114 Å². The van der Waals surface area contributed by atoms with Crippen molar-refractivity contribution < 1.29 is 80.2 Å². The molecular weight excluding hydrogens is 1190 g/mol. The van der Waals surface area contributed by atoms with Crippen molar-refractivity contribution in [3.63, 3.8) is 0 Å². The van der Waals surface area contributed by atoms with Gasteiger partial charge >= 0.3 is 39.5 Å². The predicted octanol–water partition coefficient (Wildman–Crippen LogP) is 20.1. The van der Waals surface area contributed by atoms with E-state index in [0.29, 0.717) is 31.6 Å². The van der Waals surface area contributed by atoms with Crippen molar-refractivity contribution in [2.75, 3.05) is 39.6 Å². The van der Waals surface area contributed by atoms with Crippen LogP contribution in [0.1, 0.15) is 351 Å². The number of ether oxygens (including phenoxy) is 4. The van der Waals surface area contributed by atoms with E-state index in [-0.39, 0.29) is 25.7 Å². The Morgan fingerprint density at radius 2 is 0.533 bits per heavy atom. The summed E-state index contributed by atoms with van der Waals surface area (Å²) in [6.45, 7) is 14.1. The van der Waals surface area contributed by atoms with Gasteiger partial charge in [-0.05, 0) is 49.4 Å². The first-order chi connectivity index (χ1) is 43.2. The third-order valence-corrected chi connectivity index (χ3v) is 19.3. The molecule has 0 aromatic rings. The second-order valence-corrected chi connectivity index (χ2v) is 29.7. The van der Waals surface area contributed by atoms with E-state index in [1.54, 1.807) is 0 Å². The van der Waals surface area contributed by atoms with Gasteiger partial charge in [0.15, 0.2) is 12.2 Å². The molecule has 0 aliphatic carbocycles. The van der Waals surface area contributed by atoms with Crippen LogP contribution < -0.4 is 0 Å². The number of phosphoric ester groups is 2. The second-order valence-electron chi connectivity index (χ2n) is 26.8. The van der Waals surface area contributed by atoms with Gasteiger partial charge in [-0.15, -0.1) is 0 Å². The molecule has 0 saturated carbocycles. The molecule has 0 bridgehead atoms. The average Bonchev–Trinajstić information content (AvgIpc) is 2.58. The van der Waals surface area contributed by atoms with Crippen molar-refractivity contribution in [1.82, 2.24) is 0 Å². The van der Waals surface area contributed by atoms with E-state index in [4.69, 9.17) is 37.0 Å². The fraction of sp³-hybridized carbons (Fsp3) is 0.944. The van der Waals surface area contributed by atoms with E-state index in [2.05, 4.69) is 55.4 Å². The Morgan fingerprint density at radius 1 is 0.311 bits per heavy atom. The Morgan fingerprint density at radius 3 is 0.789 bits per heavy atom. The quantitative estimate of drug-likeness (QED) is 0.0222. The van der Waals surface area contributed by atoms with Crippen LogP contribution in [0.15, 0.2) is 0 Å². The van der Waals surface area contributed by atoms with Crippen molar-refractivity contribution in [1.29, 1.82) is 0 Å². The lowest BCUT2D eigenvalue weighted by atomic mass is 9.99. The third kappa shape index (κ3) is 61.0. The molecule has 0 spiro atoms. The molecule has 3 N–H and O–H groups in total. The highest BCUT2D eigenvalue weighted by molar-refractivity contribution is 7.47. The molecule has 0 aliphatic rings. The lowest BCUT2D eigenvalue weighted by Crippen LogP contribution is -2.30. The van der Waals surface area contributed by atoms with Gasteiger partial charge in [0, 0.05) is 25.7 Å². The maximum atomic E-state index is 13.0. The molecular formula is C71H138O17P2. The molecule has 0 heterocycles. The first kappa shape index (κ1) is 88.1. The molecule has 5 unspecified atom stereocenters. The number of hydrogen-bond donors (Lipinski definition) is 3. The molecule has 17 nitrogen and oxygen atoms in total. The molecule has 0 amide bonds. The van der Waals surface area contributed by atoms with E-state index in [1.165, 1.54) is 148 Å². The van der Waals surface area contributed by atoms with Crippen LogP contribution in [0.25, 0.3) is 0 Å². The van der Waals surface area contributed by atoms with E-state index < -0.39 is 97.5 Å². The van der Waals surface area contributed by atoms with Gasteiger partial charge in [-0.2, -0.15) is 0 Å². The van der Waals surface area contributed by atoms with Crippen molar-refractivity contribution in [2.45, 2.75) is 369 Å². The summed E-state index contributed by atoms with van der Waals surface area (Å²) in [5, 5.41) is 10.6. The summed E-state index contributed by atoms with van der Waals surface area (Å²) in [5.74, 6) is 0.918. The summed E-state index contributed by atoms with van der Waals surface area (Å²) in [6, 6.07) is 0. The molecule has 0 saturated heterocycles. The van der Waals surface area contributed by atoms with Gasteiger partial charge < -0.3 is 33.8 Å². The summed E-state index contributed by atoms with van der Waals surface area (Å²) >= 11 is 0. The third-order valence-electron chi connectivity index (χ3n) is 17.4. The van der Waals surface area contributed by atoms with Gasteiger partial charge in [0.2, 0.25) is 0 Å². The Bertz CT molecular complexity index is 1790. The molecule has 0 aromatic carbocycles. The Hall–Kier alpha value is -1.94. The number of hydrogen-bond acceptors (Lipinski definition) is 15. The van der Waals surface area contributed by atoms with Gasteiger partial charge in [0.25, 0.3) is 0 Å². The fourth-order valence-electron chi connectivity index (χ4n) is 10.6. The van der Waals surface area contributed by atoms with Crippen LogP contribution in [0.3, 0.4) is 0 Å². The van der Waals surface area contributed by atoms with Crippen molar-refractivity contribution in [3.8, 4) is 0 Å². The standard InChI is InChI=1S/C71H138O17P2/c1-9-62(6)48-40-32-24-18-16-14-12-13-15-17-19-27-37-45-53-70(75)87-67(58-82-69(74)52-44-36-30-29-34-42-50-64(8)11-3)60-86-90(79,80)84-56-65(72)55-83-89(77,78)85-59-66(88-71(76)54-46-38-28-22-23-31-39-47-61(4)5)57-81-68(73)51-43-35-26-21-20-25-33-41-49-63(7)10-2/h61-67,72H,9-60H2,1-8H3,(H,77,78)(H,79,80)/t62?,63?,64?,65-,66-,67-/m1/s1. The summed E-state index contributed by atoms with van der Waals surface area (Å²) < 4.78 is 68.3. The summed E-state index contributed by atoms with van der Waals surface area (Å²) in [6.07, 6.45) is 43.1. The highest BCUT2D eigenvalue weighted by Gasteiger charge is 2.30. The molecule has 0 rings (SSSR count). The molecule has 90 heavy (non-hydrogen) atoms. The monoisotopic (exact) mass is 1320 g/mol. The predicted molar refractivity (Wildman–Crippen MR) is 363 cm³/mol. The van der Waals surface area contributed by atoms with Crippen molar-refractivity contribution in [2.24, 2.45) is 23.7 Å². The van der Waals surface area contributed by atoms with Crippen LogP contribution in [-0.4, -0.2) is 96.7 Å². The molecule has 0 aromatic heterocycles. The highest BCUT2D eigenvalue weighted by atomic mass is 31.2. The van der Waals surface area contributed by atoms with Gasteiger partial charge in [-0.1, -0.05) is 299 Å². The molecule has 0 aliphatic heterocycles. The van der Waals surface area contributed by atoms with Crippen LogP contribution in [-0.2, 0) is 65.4 Å². The summed E-state index contributed by atoms with van der Waals surface area (Å²) in [4.78, 5) is 72.5. The minimum absolute atomic E-state index is 0.102.